The van der Waals surface area contributed by atoms with E-state index in [0.29, 0.717) is 24.0 Å². The molecule has 0 aromatic heterocycles. The minimum Gasteiger partial charge on any atom is -0.456 e. The molecule has 3 fully saturated rings. The van der Waals surface area contributed by atoms with E-state index in [2.05, 4.69) is 5.32 Å². The van der Waals surface area contributed by atoms with Gasteiger partial charge in [-0.15, -0.1) is 0 Å². The maximum atomic E-state index is 14.3. The number of unbranched alkanes of at least 4 members (excludes halogenated alkanes) is 2. The number of hydrogen-bond donors (Lipinski definition) is 4. The Morgan fingerprint density at radius 3 is 2.13 bits per heavy atom. The van der Waals surface area contributed by atoms with Crippen molar-refractivity contribution in [3.05, 3.63) is 82.9 Å². The topological polar surface area (TPSA) is 204 Å². The second-order valence-corrected chi connectivity index (χ2v) is 18.1. The van der Waals surface area contributed by atoms with E-state index in [4.69, 9.17) is 23.7 Å². The molecule has 14 nitrogen and oxygen atoms in total. The van der Waals surface area contributed by atoms with E-state index in [1.807, 2.05) is 13.8 Å². The van der Waals surface area contributed by atoms with Crippen LogP contribution in [-0.4, -0.2) is 99.5 Å². The van der Waals surface area contributed by atoms with Crippen molar-refractivity contribution in [3.63, 3.8) is 0 Å². The third kappa shape index (κ3) is 8.12. The number of rotatable bonds is 13. The van der Waals surface area contributed by atoms with Gasteiger partial charge < -0.3 is 44.3 Å². The van der Waals surface area contributed by atoms with Gasteiger partial charge in [0.1, 0.15) is 30.0 Å². The highest BCUT2D eigenvalue weighted by Gasteiger charge is 2.77. The van der Waals surface area contributed by atoms with E-state index in [1.54, 1.807) is 88.4 Å². The largest absolute Gasteiger partial charge is 0.456 e. The summed E-state index contributed by atoms with van der Waals surface area (Å²) in [5, 5.41) is 41.3. The van der Waals surface area contributed by atoms with E-state index in [9.17, 15) is 39.3 Å². The van der Waals surface area contributed by atoms with E-state index in [-0.39, 0.29) is 30.1 Å². The van der Waals surface area contributed by atoms with Gasteiger partial charge in [0.25, 0.3) is 0 Å². The minimum absolute atomic E-state index is 0.150. The third-order valence-corrected chi connectivity index (χ3v) is 14.2. The van der Waals surface area contributed by atoms with Crippen LogP contribution in [0.3, 0.4) is 0 Å². The summed E-state index contributed by atoms with van der Waals surface area (Å²) in [6.07, 6.45) is -6.20. The van der Waals surface area contributed by atoms with Crippen LogP contribution in [0.4, 0.5) is 0 Å². The Kier molecular flexibility index (Phi) is 13.3. The van der Waals surface area contributed by atoms with Crippen molar-refractivity contribution in [2.45, 2.75) is 148 Å². The summed E-state index contributed by atoms with van der Waals surface area (Å²) in [6.45, 7) is 12.9. The number of carbonyl (C=O) groups excluding carboxylic acids is 5. The number of aliphatic hydroxyl groups excluding tert-OH is 2. The molecule has 332 valence electrons. The van der Waals surface area contributed by atoms with Crippen LogP contribution in [0.2, 0.25) is 0 Å². The molecular weight excluding hydrogens is 787 g/mol. The molecule has 14 heteroatoms. The minimum atomic E-state index is -2.22. The number of hydrogen-bond acceptors (Lipinski definition) is 13. The standard InChI is InChI=1S/C47H61NO13/c1-9-10-13-22-34(51)48-36(30-18-14-11-15-19-30)37(52)43(55)59-32-24-47(56)41(60-42(54)31-20-16-12-17-21-31)39-45(8,26(2)23-33-46(39,25-57-33)61-29(5)50)40(53)38(58-28(4)49)35(27(32)3)44(47,6)7/h11-12,14-21,26,32-33,36-41,52-53,56H,9-10,13,22-25H2,1-8H3,(H,48,51)/t26-,32?,33?,36?,37?,38?,39?,40?,41?,45+,46?,47?/m0/s1. The van der Waals surface area contributed by atoms with Crippen molar-refractivity contribution < 1.29 is 63.0 Å². The second-order valence-electron chi connectivity index (χ2n) is 18.1. The zero-order valence-electron chi connectivity index (χ0n) is 36.3. The Hall–Kier alpha value is -4.63. The number of fused-ring (bicyclic) bond motifs is 5. The van der Waals surface area contributed by atoms with Gasteiger partial charge in [0, 0.05) is 37.5 Å². The first-order valence-corrected chi connectivity index (χ1v) is 21.3. The number of amides is 1. The van der Waals surface area contributed by atoms with E-state index < -0.39 is 107 Å². The van der Waals surface area contributed by atoms with Crippen LogP contribution in [0.1, 0.15) is 116 Å². The molecule has 4 aliphatic rings. The van der Waals surface area contributed by atoms with Crippen LogP contribution < -0.4 is 5.32 Å². The monoisotopic (exact) mass is 847 g/mol. The average molecular weight is 848 g/mol. The molecule has 1 aliphatic heterocycles. The molecular formula is C47H61NO13. The lowest BCUT2D eigenvalue weighted by Crippen LogP contribution is -2.81. The SMILES string of the molecule is CCCCCC(=O)NC(c1ccccc1)C(O)C(=O)OC1CC2(O)C(OC(=O)c3ccccc3)C3C4(OC(C)=O)COC4C[C@H](C)[C@@]3(C)C(O)C(OC(C)=O)C(=C1C)C2(C)C. The normalized spacial score (nSPS) is 33.5. The van der Waals surface area contributed by atoms with Gasteiger partial charge in [0.15, 0.2) is 17.8 Å². The molecule has 0 radical (unpaired) electrons. The summed E-state index contributed by atoms with van der Waals surface area (Å²) in [7, 11) is 0. The molecule has 1 amide bonds. The second kappa shape index (κ2) is 17.6. The van der Waals surface area contributed by atoms with Crippen molar-refractivity contribution in [1.29, 1.82) is 0 Å². The fraction of sp³-hybridized carbons (Fsp3) is 0.596. The molecule has 2 aromatic rings. The maximum Gasteiger partial charge on any atom is 0.338 e. The Morgan fingerprint density at radius 2 is 1.56 bits per heavy atom. The Bertz CT molecular complexity index is 2000. The van der Waals surface area contributed by atoms with Crippen molar-refractivity contribution in [3.8, 4) is 0 Å². The number of benzene rings is 2. The Balaban J connectivity index is 1.52. The third-order valence-electron chi connectivity index (χ3n) is 14.2. The highest BCUT2D eigenvalue weighted by Crippen LogP contribution is 2.66. The summed E-state index contributed by atoms with van der Waals surface area (Å²) in [4.78, 5) is 67.9. The molecule has 61 heavy (non-hydrogen) atoms. The predicted octanol–water partition coefficient (Wildman–Crippen LogP) is 5.07. The Labute approximate surface area is 357 Å². The summed E-state index contributed by atoms with van der Waals surface area (Å²) in [6, 6.07) is 15.5. The Morgan fingerprint density at radius 1 is 0.918 bits per heavy atom. The van der Waals surface area contributed by atoms with Crippen LogP contribution in [-0.2, 0) is 42.9 Å². The number of esters is 4. The van der Waals surface area contributed by atoms with Gasteiger partial charge in [0.2, 0.25) is 5.91 Å². The maximum absolute atomic E-state index is 14.3. The van der Waals surface area contributed by atoms with Gasteiger partial charge in [-0.1, -0.05) is 96.0 Å². The number of aliphatic hydroxyl groups is 3. The summed E-state index contributed by atoms with van der Waals surface area (Å²) < 4.78 is 31.0. The first-order valence-electron chi connectivity index (χ1n) is 21.3. The molecule has 1 saturated heterocycles. The number of carbonyl (C=O) groups is 5. The average Bonchev–Trinajstić information content (AvgIpc) is 3.21. The fourth-order valence-electron chi connectivity index (χ4n) is 10.7. The molecule has 6 rings (SSSR count). The van der Waals surface area contributed by atoms with Gasteiger partial charge in [-0.25, -0.2) is 9.59 Å². The summed E-state index contributed by atoms with van der Waals surface area (Å²) >= 11 is 0. The molecule has 10 unspecified atom stereocenters. The van der Waals surface area contributed by atoms with Crippen LogP contribution in [0, 0.1) is 22.7 Å². The van der Waals surface area contributed by atoms with E-state index in [0.717, 1.165) is 12.8 Å². The summed E-state index contributed by atoms with van der Waals surface area (Å²) in [5.74, 6) is -5.36. The molecule has 4 N–H and O–H groups in total. The van der Waals surface area contributed by atoms with Crippen LogP contribution in [0.15, 0.2) is 71.8 Å². The lowest BCUT2D eigenvalue weighted by atomic mass is 9.43. The smallest absolute Gasteiger partial charge is 0.338 e. The molecule has 12 atom stereocenters. The first kappa shape index (κ1) is 45.9. The zero-order valence-corrected chi connectivity index (χ0v) is 36.3. The quantitative estimate of drug-likeness (QED) is 0.0902. The lowest BCUT2D eigenvalue weighted by molar-refractivity contribution is -0.358. The van der Waals surface area contributed by atoms with Crippen molar-refractivity contribution >= 4 is 29.8 Å². The predicted molar refractivity (Wildman–Crippen MR) is 220 cm³/mol. The van der Waals surface area contributed by atoms with Gasteiger partial charge >= 0.3 is 23.9 Å². The van der Waals surface area contributed by atoms with E-state index in [1.165, 1.54) is 13.8 Å². The molecule has 3 aliphatic carbocycles. The van der Waals surface area contributed by atoms with Crippen LogP contribution >= 0.6 is 0 Å². The van der Waals surface area contributed by atoms with Crippen molar-refractivity contribution in [2.75, 3.05) is 6.61 Å². The molecule has 2 aromatic carbocycles. The van der Waals surface area contributed by atoms with Gasteiger partial charge in [-0.05, 0) is 54.5 Å². The van der Waals surface area contributed by atoms with Gasteiger partial charge in [0.05, 0.1) is 24.1 Å². The molecule has 0 spiro atoms. The molecule has 2 bridgehead atoms. The summed E-state index contributed by atoms with van der Waals surface area (Å²) in [5.41, 5.74) is -5.50. The van der Waals surface area contributed by atoms with E-state index >= 15 is 0 Å². The first-order chi connectivity index (χ1) is 28.7. The van der Waals surface area contributed by atoms with Crippen LogP contribution in [0.5, 0.6) is 0 Å². The van der Waals surface area contributed by atoms with Crippen molar-refractivity contribution in [1.82, 2.24) is 5.32 Å². The highest BCUT2D eigenvalue weighted by molar-refractivity contribution is 5.89. The molecule has 1 heterocycles. The van der Waals surface area contributed by atoms with Crippen LogP contribution in [0.25, 0.3) is 0 Å². The fourth-order valence-corrected chi connectivity index (χ4v) is 10.7. The van der Waals surface area contributed by atoms with Gasteiger partial charge in [-0.2, -0.15) is 0 Å². The number of ether oxygens (including phenoxy) is 5. The zero-order chi connectivity index (χ0) is 44.7. The van der Waals surface area contributed by atoms with Crippen molar-refractivity contribution in [2.24, 2.45) is 22.7 Å². The highest BCUT2D eigenvalue weighted by atomic mass is 16.6. The molecule has 2 saturated carbocycles. The number of nitrogens with one attached hydrogen (secondary N) is 1. The van der Waals surface area contributed by atoms with Gasteiger partial charge in [-0.3, -0.25) is 14.4 Å². The lowest BCUT2D eigenvalue weighted by Gasteiger charge is -2.69.